The van der Waals surface area contributed by atoms with Gasteiger partial charge in [0, 0.05) is 12.0 Å². The molecule has 1 saturated heterocycles. The minimum absolute atomic E-state index is 0.0725. The molecule has 0 aliphatic carbocycles. The van der Waals surface area contributed by atoms with E-state index in [0.717, 1.165) is 12.8 Å². The van der Waals surface area contributed by atoms with E-state index >= 15 is 0 Å². The van der Waals surface area contributed by atoms with E-state index in [0.29, 0.717) is 11.7 Å². The number of hydrogen-bond donors (Lipinski definition) is 0. The van der Waals surface area contributed by atoms with E-state index in [-0.39, 0.29) is 18.2 Å². The summed E-state index contributed by atoms with van der Waals surface area (Å²) < 4.78 is 10.7. The first-order chi connectivity index (χ1) is 6.54. The van der Waals surface area contributed by atoms with Crippen molar-refractivity contribution in [3.63, 3.8) is 0 Å². The van der Waals surface area contributed by atoms with Crippen LogP contribution in [0.15, 0.2) is 12.2 Å². The second kappa shape index (κ2) is 4.60. The Morgan fingerprint density at radius 1 is 1.71 bits per heavy atom. The van der Waals surface area contributed by atoms with Crippen LogP contribution in [-0.4, -0.2) is 24.3 Å². The first kappa shape index (κ1) is 11.2. The molecule has 1 rings (SSSR count). The number of hydrogen-bond acceptors (Lipinski definition) is 3. The highest BCUT2D eigenvalue weighted by Gasteiger charge is 2.34. The van der Waals surface area contributed by atoms with Crippen LogP contribution in [0.2, 0.25) is 0 Å². The smallest absolute Gasteiger partial charge is 0.333 e. The summed E-state index contributed by atoms with van der Waals surface area (Å²) in [5, 5.41) is 0. The molecular weight excluding hydrogens is 180 g/mol. The van der Waals surface area contributed by atoms with Crippen LogP contribution in [0.4, 0.5) is 0 Å². The topological polar surface area (TPSA) is 35.5 Å². The van der Waals surface area contributed by atoms with Crippen LogP contribution in [-0.2, 0) is 14.3 Å². The van der Waals surface area contributed by atoms with Crippen molar-refractivity contribution in [2.75, 3.05) is 0 Å². The average Bonchev–Trinajstić information content (AvgIpc) is 2.01. The Kier molecular flexibility index (Phi) is 3.69. The zero-order chi connectivity index (χ0) is 10.7. The lowest BCUT2D eigenvalue weighted by Crippen LogP contribution is -2.45. The summed E-state index contributed by atoms with van der Waals surface area (Å²) in [7, 11) is 0. The van der Waals surface area contributed by atoms with Crippen LogP contribution >= 0.6 is 0 Å². The Hall–Kier alpha value is -0.830. The average molecular weight is 198 g/mol. The molecule has 3 nitrogen and oxygen atoms in total. The van der Waals surface area contributed by atoms with Crippen molar-refractivity contribution < 1.29 is 14.3 Å². The summed E-state index contributed by atoms with van der Waals surface area (Å²) >= 11 is 0. The third-order valence-corrected chi connectivity index (χ3v) is 2.48. The van der Waals surface area contributed by atoms with E-state index in [9.17, 15) is 4.79 Å². The molecule has 0 amide bonds. The lowest BCUT2D eigenvalue weighted by molar-refractivity contribution is -0.187. The largest absolute Gasteiger partial charge is 0.457 e. The van der Waals surface area contributed by atoms with Crippen molar-refractivity contribution in [3.05, 3.63) is 12.2 Å². The Morgan fingerprint density at radius 3 is 2.71 bits per heavy atom. The van der Waals surface area contributed by atoms with Crippen molar-refractivity contribution in [1.82, 2.24) is 0 Å². The third-order valence-electron chi connectivity index (χ3n) is 2.48. The Morgan fingerprint density at radius 2 is 2.29 bits per heavy atom. The van der Waals surface area contributed by atoms with Crippen LogP contribution in [0, 0.1) is 0 Å². The number of carbonyl (C=O) groups is 1. The molecule has 0 spiro atoms. The zero-order valence-corrected chi connectivity index (χ0v) is 9.08. The summed E-state index contributed by atoms with van der Waals surface area (Å²) in [6.45, 7) is 9.12. The van der Waals surface area contributed by atoms with Crippen LogP contribution in [0.1, 0.15) is 33.6 Å². The molecule has 0 N–H and O–H groups in total. The van der Waals surface area contributed by atoms with Crippen molar-refractivity contribution in [3.8, 4) is 0 Å². The molecule has 0 aromatic rings. The van der Waals surface area contributed by atoms with E-state index in [1.807, 2.05) is 6.92 Å². The van der Waals surface area contributed by atoms with Crippen LogP contribution in [0.5, 0.6) is 0 Å². The van der Waals surface area contributed by atoms with Crippen LogP contribution in [0.25, 0.3) is 0 Å². The van der Waals surface area contributed by atoms with Crippen molar-refractivity contribution >= 4 is 5.97 Å². The van der Waals surface area contributed by atoms with Gasteiger partial charge in [-0.3, -0.25) is 0 Å². The lowest BCUT2D eigenvalue weighted by Gasteiger charge is -2.38. The Labute approximate surface area is 85.1 Å². The predicted molar refractivity (Wildman–Crippen MR) is 53.9 cm³/mol. The van der Waals surface area contributed by atoms with E-state index < -0.39 is 0 Å². The van der Waals surface area contributed by atoms with Gasteiger partial charge in [0.2, 0.25) is 0 Å². The molecule has 1 aliphatic heterocycles. The van der Waals surface area contributed by atoms with E-state index in [2.05, 4.69) is 13.5 Å². The summed E-state index contributed by atoms with van der Waals surface area (Å²) in [5.41, 5.74) is 0.434. The third kappa shape index (κ3) is 2.58. The van der Waals surface area contributed by atoms with Crippen LogP contribution in [0.3, 0.4) is 0 Å². The van der Waals surface area contributed by atoms with Gasteiger partial charge >= 0.3 is 5.97 Å². The molecule has 0 aromatic carbocycles. The summed E-state index contributed by atoms with van der Waals surface area (Å²) in [4.78, 5) is 11.2. The molecule has 3 heteroatoms. The summed E-state index contributed by atoms with van der Waals surface area (Å²) in [6, 6.07) is 0. The van der Waals surface area contributed by atoms with Crippen molar-refractivity contribution in [2.24, 2.45) is 0 Å². The highest BCUT2D eigenvalue weighted by atomic mass is 16.6. The molecule has 1 fully saturated rings. The van der Waals surface area contributed by atoms with Crippen molar-refractivity contribution in [2.45, 2.75) is 51.9 Å². The van der Waals surface area contributed by atoms with Gasteiger partial charge in [0.15, 0.2) is 0 Å². The van der Waals surface area contributed by atoms with Gasteiger partial charge < -0.3 is 9.47 Å². The fourth-order valence-electron chi connectivity index (χ4n) is 1.41. The maximum atomic E-state index is 11.2. The fourth-order valence-corrected chi connectivity index (χ4v) is 1.41. The minimum Gasteiger partial charge on any atom is -0.457 e. The van der Waals surface area contributed by atoms with Gasteiger partial charge in [0.05, 0.1) is 12.2 Å². The van der Waals surface area contributed by atoms with Gasteiger partial charge in [-0.25, -0.2) is 4.79 Å². The normalized spacial score (nSPS) is 27.6. The molecule has 0 saturated carbocycles. The zero-order valence-electron chi connectivity index (χ0n) is 9.08. The Balaban J connectivity index is 2.27. The standard InChI is InChI=1S/C11H18O3/c1-5-9-6-10(14-9)8(4)13-11(12)7(2)3/h8-10H,2,5-6H2,1,3-4H3. The van der Waals surface area contributed by atoms with Crippen LogP contribution < -0.4 is 0 Å². The molecule has 80 valence electrons. The first-order valence-electron chi connectivity index (χ1n) is 5.06. The Bertz CT molecular complexity index is 229. The lowest BCUT2D eigenvalue weighted by atomic mass is 9.99. The highest BCUT2D eigenvalue weighted by molar-refractivity contribution is 5.87. The molecule has 0 radical (unpaired) electrons. The number of esters is 1. The molecule has 0 bridgehead atoms. The van der Waals surface area contributed by atoms with Gasteiger partial charge in [0.1, 0.15) is 6.10 Å². The second-order valence-corrected chi connectivity index (χ2v) is 3.83. The summed E-state index contributed by atoms with van der Waals surface area (Å²) in [6.07, 6.45) is 2.27. The van der Waals surface area contributed by atoms with Gasteiger partial charge in [-0.15, -0.1) is 0 Å². The predicted octanol–water partition coefficient (Wildman–Crippen LogP) is 2.06. The molecule has 1 aliphatic rings. The number of ether oxygens (including phenoxy) is 2. The second-order valence-electron chi connectivity index (χ2n) is 3.83. The molecular formula is C11H18O3. The van der Waals surface area contributed by atoms with E-state index in [1.165, 1.54) is 0 Å². The highest BCUT2D eigenvalue weighted by Crippen LogP contribution is 2.27. The minimum atomic E-state index is -0.332. The number of rotatable bonds is 4. The SMILES string of the molecule is C=C(C)C(=O)OC(C)C1CC(CC)O1. The molecule has 3 unspecified atom stereocenters. The molecule has 0 aromatic heterocycles. The number of carbonyl (C=O) groups excluding carboxylic acids is 1. The van der Waals surface area contributed by atoms with Crippen molar-refractivity contribution in [1.29, 1.82) is 0 Å². The first-order valence-corrected chi connectivity index (χ1v) is 5.06. The molecule has 14 heavy (non-hydrogen) atoms. The maximum absolute atomic E-state index is 11.2. The van der Waals surface area contributed by atoms with E-state index in [4.69, 9.17) is 9.47 Å². The maximum Gasteiger partial charge on any atom is 0.333 e. The van der Waals surface area contributed by atoms with Gasteiger partial charge in [-0.1, -0.05) is 13.5 Å². The molecule has 3 atom stereocenters. The fraction of sp³-hybridized carbons (Fsp3) is 0.727. The monoisotopic (exact) mass is 198 g/mol. The van der Waals surface area contributed by atoms with Gasteiger partial charge in [0.25, 0.3) is 0 Å². The molecule has 1 heterocycles. The van der Waals surface area contributed by atoms with E-state index in [1.54, 1.807) is 6.92 Å². The van der Waals surface area contributed by atoms with Gasteiger partial charge in [-0.2, -0.15) is 0 Å². The van der Waals surface area contributed by atoms with Gasteiger partial charge in [-0.05, 0) is 20.3 Å². The quantitative estimate of drug-likeness (QED) is 0.512. The summed E-state index contributed by atoms with van der Waals surface area (Å²) in [5.74, 6) is -0.332.